The van der Waals surface area contributed by atoms with Gasteiger partial charge < -0.3 is 0 Å². The van der Waals surface area contributed by atoms with Gasteiger partial charge in [0.25, 0.3) is 0 Å². The molecule has 0 saturated heterocycles. The average Bonchev–Trinajstić information content (AvgIpc) is 2.52. The van der Waals surface area contributed by atoms with E-state index in [9.17, 15) is 0 Å². The maximum absolute atomic E-state index is 5.95. The first-order chi connectivity index (χ1) is 6.25. The Morgan fingerprint density at radius 2 is 2.15 bits per heavy atom. The van der Waals surface area contributed by atoms with Crippen molar-refractivity contribution in [2.75, 3.05) is 0 Å². The molecule has 0 heterocycles. The van der Waals surface area contributed by atoms with E-state index in [1.165, 1.54) is 24.8 Å². The van der Waals surface area contributed by atoms with Crippen LogP contribution in [0.3, 0.4) is 0 Å². The van der Waals surface area contributed by atoms with Gasteiger partial charge in [-0.1, -0.05) is 39.7 Å². The van der Waals surface area contributed by atoms with Crippen molar-refractivity contribution < 1.29 is 0 Å². The molecule has 1 aliphatic rings. The Bertz CT molecular complexity index is 298. The first-order valence-corrected chi connectivity index (χ1v) is 5.94. The fourth-order valence-corrected chi connectivity index (χ4v) is 2.90. The Morgan fingerprint density at radius 1 is 1.31 bits per heavy atom. The van der Waals surface area contributed by atoms with Crippen LogP contribution in [0.5, 0.6) is 0 Å². The molecule has 1 aliphatic carbocycles. The quantitative estimate of drug-likeness (QED) is 0.657. The van der Waals surface area contributed by atoms with Crippen molar-refractivity contribution in [1.29, 1.82) is 0 Å². The van der Waals surface area contributed by atoms with Crippen molar-refractivity contribution in [3.63, 3.8) is 0 Å². The fraction of sp³-hybridized carbons (Fsp3) is 0.455. The van der Waals surface area contributed by atoms with Crippen molar-refractivity contribution in [1.82, 2.24) is 0 Å². The summed E-state index contributed by atoms with van der Waals surface area (Å²) in [6, 6.07) is 8.25. The van der Waals surface area contributed by atoms with E-state index in [0.29, 0.717) is 10.7 Å². The van der Waals surface area contributed by atoms with Crippen LogP contribution in [-0.4, -0.2) is 4.83 Å². The van der Waals surface area contributed by atoms with E-state index < -0.39 is 0 Å². The van der Waals surface area contributed by atoms with E-state index in [-0.39, 0.29) is 0 Å². The van der Waals surface area contributed by atoms with Crippen LogP contribution in [0, 0.1) is 0 Å². The van der Waals surface area contributed by atoms with E-state index in [1.807, 2.05) is 12.1 Å². The topological polar surface area (TPSA) is 0 Å². The van der Waals surface area contributed by atoms with Crippen molar-refractivity contribution >= 4 is 27.5 Å². The monoisotopic (exact) mass is 258 g/mol. The summed E-state index contributed by atoms with van der Waals surface area (Å²) in [4.78, 5) is 0.705. The van der Waals surface area contributed by atoms with Gasteiger partial charge in [0, 0.05) is 9.85 Å². The Balaban J connectivity index is 2.16. The van der Waals surface area contributed by atoms with Crippen LogP contribution in [0.1, 0.15) is 30.7 Å². The second-order valence-electron chi connectivity index (χ2n) is 3.66. The molecule has 0 amide bonds. The molecule has 0 aromatic heterocycles. The molecule has 0 N–H and O–H groups in total. The van der Waals surface area contributed by atoms with Gasteiger partial charge in [0.1, 0.15) is 0 Å². The van der Waals surface area contributed by atoms with Crippen LogP contribution in [0.25, 0.3) is 0 Å². The lowest BCUT2D eigenvalue weighted by Gasteiger charge is -2.09. The summed E-state index contributed by atoms with van der Waals surface area (Å²) in [5.74, 6) is 0.711. The average molecular weight is 260 g/mol. The van der Waals surface area contributed by atoms with Crippen LogP contribution < -0.4 is 0 Å². The van der Waals surface area contributed by atoms with Crippen LogP contribution in [0.4, 0.5) is 0 Å². The molecule has 2 heteroatoms. The van der Waals surface area contributed by atoms with Gasteiger partial charge in [0.2, 0.25) is 0 Å². The summed E-state index contributed by atoms with van der Waals surface area (Å²) in [5.41, 5.74) is 1.40. The zero-order valence-electron chi connectivity index (χ0n) is 7.34. The molecule has 1 aromatic carbocycles. The fourth-order valence-electron chi connectivity index (χ4n) is 1.99. The standard InChI is InChI=1S/C11H12BrCl/c12-10-5-4-9(6-10)8-2-1-3-11(13)7-8/h1-3,7,9-10H,4-6H2. The van der Waals surface area contributed by atoms with E-state index in [1.54, 1.807) is 0 Å². The van der Waals surface area contributed by atoms with Gasteiger partial charge in [0.15, 0.2) is 0 Å². The minimum Gasteiger partial charge on any atom is -0.0890 e. The summed E-state index contributed by atoms with van der Waals surface area (Å²) in [5, 5.41) is 0.857. The zero-order chi connectivity index (χ0) is 9.26. The smallest absolute Gasteiger partial charge is 0.0408 e. The predicted molar refractivity (Wildman–Crippen MR) is 60.8 cm³/mol. The molecule has 1 aromatic rings. The minimum absolute atomic E-state index is 0.705. The Kier molecular flexibility index (Phi) is 2.95. The van der Waals surface area contributed by atoms with E-state index >= 15 is 0 Å². The second kappa shape index (κ2) is 4.02. The molecule has 0 radical (unpaired) electrons. The third-order valence-corrected chi connectivity index (χ3v) is 3.76. The number of hydrogen-bond acceptors (Lipinski definition) is 0. The molecule has 0 bridgehead atoms. The molecule has 1 saturated carbocycles. The summed E-state index contributed by atoms with van der Waals surface area (Å²) in [6.45, 7) is 0. The Labute approximate surface area is 92.4 Å². The predicted octanol–water partition coefficient (Wildman–Crippen LogP) is 4.37. The van der Waals surface area contributed by atoms with Crippen LogP contribution in [-0.2, 0) is 0 Å². The zero-order valence-corrected chi connectivity index (χ0v) is 9.68. The normalized spacial score (nSPS) is 27.8. The highest BCUT2D eigenvalue weighted by atomic mass is 79.9. The summed E-state index contributed by atoms with van der Waals surface area (Å²) >= 11 is 9.61. The van der Waals surface area contributed by atoms with Crippen molar-refractivity contribution in [2.24, 2.45) is 0 Å². The Hall–Kier alpha value is -0.0100. The molecular formula is C11H12BrCl. The molecule has 0 spiro atoms. The maximum atomic E-state index is 5.95. The second-order valence-corrected chi connectivity index (χ2v) is 5.39. The lowest BCUT2D eigenvalue weighted by Crippen LogP contribution is -1.93. The molecule has 2 rings (SSSR count). The van der Waals surface area contributed by atoms with Gasteiger partial charge in [-0.15, -0.1) is 0 Å². The number of benzene rings is 1. The molecule has 0 aliphatic heterocycles. The first kappa shape index (κ1) is 9.54. The van der Waals surface area contributed by atoms with Gasteiger partial charge in [0.05, 0.1) is 0 Å². The molecular weight excluding hydrogens is 247 g/mol. The van der Waals surface area contributed by atoms with Gasteiger partial charge in [-0.25, -0.2) is 0 Å². The molecule has 2 atom stereocenters. The number of rotatable bonds is 1. The highest BCUT2D eigenvalue weighted by molar-refractivity contribution is 9.09. The van der Waals surface area contributed by atoms with Gasteiger partial charge in [-0.2, -0.15) is 0 Å². The Morgan fingerprint density at radius 3 is 2.77 bits per heavy atom. The maximum Gasteiger partial charge on any atom is 0.0408 e. The molecule has 13 heavy (non-hydrogen) atoms. The third-order valence-electron chi connectivity index (χ3n) is 2.69. The third kappa shape index (κ3) is 2.26. The highest BCUT2D eigenvalue weighted by Crippen LogP contribution is 2.38. The number of hydrogen-bond donors (Lipinski definition) is 0. The SMILES string of the molecule is Clc1cccc(C2CCC(Br)C2)c1. The molecule has 70 valence electrons. The first-order valence-electron chi connectivity index (χ1n) is 4.65. The van der Waals surface area contributed by atoms with E-state index in [4.69, 9.17) is 11.6 Å². The van der Waals surface area contributed by atoms with Crippen LogP contribution in [0.2, 0.25) is 5.02 Å². The van der Waals surface area contributed by atoms with Crippen molar-refractivity contribution in [2.45, 2.75) is 30.0 Å². The van der Waals surface area contributed by atoms with Crippen LogP contribution in [0.15, 0.2) is 24.3 Å². The van der Waals surface area contributed by atoms with Gasteiger partial charge >= 0.3 is 0 Å². The van der Waals surface area contributed by atoms with Crippen molar-refractivity contribution in [3.05, 3.63) is 34.9 Å². The summed E-state index contributed by atoms with van der Waals surface area (Å²) in [6.07, 6.45) is 3.83. The highest BCUT2D eigenvalue weighted by Gasteiger charge is 2.23. The lowest BCUT2D eigenvalue weighted by molar-refractivity contribution is 0.726. The summed E-state index contributed by atoms with van der Waals surface area (Å²) in [7, 11) is 0. The van der Waals surface area contributed by atoms with Gasteiger partial charge in [-0.3, -0.25) is 0 Å². The largest absolute Gasteiger partial charge is 0.0890 e. The van der Waals surface area contributed by atoms with E-state index in [0.717, 1.165) is 5.02 Å². The molecule has 1 fully saturated rings. The number of alkyl halides is 1. The van der Waals surface area contributed by atoms with E-state index in [2.05, 4.69) is 28.1 Å². The lowest BCUT2D eigenvalue weighted by atomic mass is 9.98. The minimum atomic E-state index is 0.705. The van der Waals surface area contributed by atoms with Gasteiger partial charge in [-0.05, 0) is 42.9 Å². The molecule has 0 nitrogen and oxygen atoms in total. The van der Waals surface area contributed by atoms with Crippen LogP contribution >= 0.6 is 27.5 Å². The summed E-state index contributed by atoms with van der Waals surface area (Å²) < 4.78 is 0. The molecule has 2 unspecified atom stereocenters. The van der Waals surface area contributed by atoms with Crippen molar-refractivity contribution in [3.8, 4) is 0 Å². The number of halogens is 2.